The molecule has 1 aliphatic rings. The number of amides is 1. The first-order valence-electron chi connectivity index (χ1n) is 9.04. The Hall–Kier alpha value is -3.45. The predicted octanol–water partition coefficient (Wildman–Crippen LogP) is 2.71. The predicted molar refractivity (Wildman–Crippen MR) is 102 cm³/mol. The van der Waals surface area contributed by atoms with Crippen LogP contribution in [-0.2, 0) is 10.4 Å². The van der Waals surface area contributed by atoms with Crippen LogP contribution >= 0.6 is 0 Å². The summed E-state index contributed by atoms with van der Waals surface area (Å²) in [7, 11) is 1.66. The summed E-state index contributed by atoms with van der Waals surface area (Å²) in [4.78, 5) is 13.8. The molecule has 4 heterocycles. The van der Waals surface area contributed by atoms with E-state index < -0.39 is 5.60 Å². The zero-order valence-corrected chi connectivity index (χ0v) is 15.2. The lowest BCUT2D eigenvalue weighted by molar-refractivity contribution is -0.144. The standard InChI is InChI=1S/C21H18N4O3/c1-24-11-8-21(27,20(24)26)19-13-17(23-28-19)15-5-2-4-14(12-15)16-7-10-25-18(16)6-3-9-22-25/h2-7,9-10,12-13,27H,8,11H2,1H3/t21-/m1/s1. The molecule has 1 atom stereocenters. The normalized spacial score (nSPS) is 19.6. The second kappa shape index (κ2) is 6.03. The average Bonchev–Trinajstić information content (AvgIpc) is 3.44. The molecule has 1 fully saturated rings. The second-order valence-corrected chi connectivity index (χ2v) is 7.08. The largest absolute Gasteiger partial charge is 0.373 e. The number of carbonyl (C=O) groups is 1. The van der Waals surface area contributed by atoms with Gasteiger partial charge in [0.05, 0.1) is 5.52 Å². The van der Waals surface area contributed by atoms with Gasteiger partial charge in [-0.3, -0.25) is 4.79 Å². The van der Waals surface area contributed by atoms with Crippen LogP contribution < -0.4 is 0 Å². The van der Waals surface area contributed by atoms with Gasteiger partial charge in [0.1, 0.15) is 5.69 Å². The molecule has 0 saturated carbocycles. The number of likely N-dealkylation sites (tertiary alicyclic amines) is 1. The zero-order chi connectivity index (χ0) is 19.3. The van der Waals surface area contributed by atoms with E-state index in [0.717, 1.165) is 22.2 Å². The maximum atomic E-state index is 12.3. The molecule has 1 saturated heterocycles. The maximum absolute atomic E-state index is 12.3. The lowest BCUT2D eigenvalue weighted by atomic mass is 9.97. The Bertz CT molecular complexity index is 1200. The Balaban J connectivity index is 1.53. The monoisotopic (exact) mass is 374 g/mol. The third-order valence-corrected chi connectivity index (χ3v) is 5.33. The SMILES string of the molecule is CN1CC[C@@](O)(c2cc(-c3cccc(-c4ccn5ncccc45)c3)no2)C1=O. The minimum Gasteiger partial charge on any atom is -0.373 e. The minimum atomic E-state index is -1.64. The molecule has 140 valence electrons. The van der Waals surface area contributed by atoms with Gasteiger partial charge in [0.25, 0.3) is 5.91 Å². The highest BCUT2D eigenvalue weighted by Gasteiger charge is 2.48. The maximum Gasteiger partial charge on any atom is 0.262 e. The van der Waals surface area contributed by atoms with Gasteiger partial charge in [-0.2, -0.15) is 5.10 Å². The van der Waals surface area contributed by atoms with Gasteiger partial charge in [0, 0.05) is 49.6 Å². The van der Waals surface area contributed by atoms with E-state index >= 15 is 0 Å². The molecule has 3 aromatic heterocycles. The molecule has 0 spiro atoms. The summed E-state index contributed by atoms with van der Waals surface area (Å²) < 4.78 is 7.19. The molecule has 1 N–H and O–H groups in total. The lowest BCUT2D eigenvalue weighted by Gasteiger charge is -2.16. The van der Waals surface area contributed by atoms with Gasteiger partial charge in [-0.1, -0.05) is 23.4 Å². The fourth-order valence-electron chi connectivity index (χ4n) is 3.72. The van der Waals surface area contributed by atoms with Crippen LogP contribution in [0.5, 0.6) is 0 Å². The van der Waals surface area contributed by atoms with Crippen molar-refractivity contribution in [1.29, 1.82) is 0 Å². The first-order valence-corrected chi connectivity index (χ1v) is 9.04. The van der Waals surface area contributed by atoms with Crippen molar-refractivity contribution in [2.75, 3.05) is 13.6 Å². The Labute approximate surface area is 160 Å². The number of likely N-dealkylation sites (N-methyl/N-ethyl adjacent to an activating group) is 1. The van der Waals surface area contributed by atoms with Crippen LogP contribution in [-0.4, -0.2) is 44.3 Å². The highest BCUT2D eigenvalue weighted by Crippen LogP contribution is 2.35. The lowest BCUT2D eigenvalue weighted by Crippen LogP contribution is -2.35. The fourth-order valence-corrected chi connectivity index (χ4v) is 3.72. The quantitative estimate of drug-likeness (QED) is 0.596. The van der Waals surface area contributed by atoms with Crippen molar-refractivity contribution in [2.24, 2.45) is 0 Å². The van der Waals surface area contributed by atoms with E-state index in [4.69, 9.17) is 4.52 Å². The Morgan fingerprint density at radius 1 is 1.14 bits per heavy atom. The number of hydrogen-bond donors (Lipinski definition) is 1. The third-order valence-electron chi connectivity index (χ3n) is 5.33. The van der Waals surface area contributed by atoms with Crippen LogP contribution in [0.1, 0.15) is 12.2 Å². The second-order valence-electron chi connectivity index (χ2n) is 7.08. The molecular weight excluding hydrogens is 356 g/mol. The number of benzene rings is 1. The zero-order valence-electron chi connectivity index (χ0n) is 15.2. The Kier molecular flexibility index (Phi) is 3.60. The van der Waals surface area contributed by atoms with E-state index in [0.29, 0.717) is 18.7 Å². The van der Waals surface area contributed by atoms with Gasteiger partial charge >= 0.3 is 0 Å². The van der Waals surface area contributed by atoms with Crippen molar-refractivity contribution < 1.29 is 14.4 Å². The van der Waals surface area contributed by atoms with Crippen molar-refractivity contribution in [3.63, 3.8) is 0 Å². The highest BCUT2D eigenvalue weighted by atomic mass is 16.5. The number of nitrogens with zero attached hydrogens (tertiary/aromatic N) is 4. The van der Waals surface area contributed by atoms with Crippen molar-refractivity contribution in [3.05, 3.63) is 66.7 Å². The number of aliphatic hydroxyl groups is 1. The third kappa shape index (κ3) is 2.44. The van der Waals surface area contributed by atoms with Gasteiger partial charge < -0.3 is 14.5 Å². The summed E-state index contributed by atoms with van der Waals surface area (Å²) in [5, 5.41) is 19.1. The fraction of sp³-hybridized carbons (Fsp3) is 0.190. The van der Waals surface area contributed by atoms with Crippen LogP contribution in [0.3, 0.4) is 0 Å². The minimum absolute atomic E-state index is 0.181. The summed E-state index contributed by atoms with van der Waals surface area (Å²) in [6.07, 6.45) is 3.96. The van der Waals surface area contributed by atoms with Crippen molar-refractivity contribution >= 4 is 11.4 Å². The van der Waals surface area contributed by atoms with Gasteiger partial charge in [0.2, 0.25) is 5.60 Å². The molecule has 5 rings (SSSR count). The van der Waals surface area contributed by atoms with E-state index in [2.05, 4.69) is 10.3 Å². The molecule has 0 aliphatic carbocycles. The van der Waals surface area contributed by atoms with E-state index in [-0.39, 0.29) is 11.7 Å². The topological polar surface area (TPSA) is 83.9 Å². The van der Waals surface area contributed by atoms with Crippen LogP contribution in [0.2, 0.25) is 0 Å². The number of hydrogen-bond acceptors (Lipinski definition) is 5. The summed E-state index contributed by atoms with van der Waals surface area (Å²) in [5.41, 5.74) is 2.88. The van der Waals surface area contributed by atoms with Crippen molar-refractivity contribution in [2.45, 2.75) is 12.0 Å². The Morgan fingerprint density at radius 2 is 2.00 bits per heavy atom. The molecular formula is C21H18N4O3. The van der Waals surface area contributed by atoms with E-state index in [1.165, 1.54) is 4.90 Å². The number of rotatable bonds is 3. The van der Waals surface area contributed by atoms with Gasteiger partial charge in [-0.25, -0.2) is 4.52 Å². The van der Waals surface area contributed by atoms with Gasteiger partial charge in [0.15, 0.2) is 5.76 Å². The van der Waals surface area contributed by atoms with Crippen molar-refractivity contribution in [1.82, 2.24) is 19.7 Å². The summed E-state index contributed by atoms with van der Waals surface area (Å²) in [5.74, 6) is -0.183. The molecule has 0 unspecified atom stereocenters. The van der Waals surface area contributed by atoms with Crippen LogP contribution in [0, 0.1) is 0 Å². The molecule has 28 heavy (non-hydrogen) atoms. The summed E-state index contributed by atoms with van der Waals surface area (Å²) in [6.45, 7) is 0.483. The molecule has 1 aliphatic heterocycles. The van der Waals surface area contributed by atoms with Crippen LogP contribution in [0.4, 0.5) is 0 Å². The van der Waals surface area contributed by atoms with Crippen LogP contribution in [0.15, 0.2) is 65.4 Å². The number of fused-ring (bicyclic) bond motifs is 1. The molecule has 7 nitrogen and oxygen atoms in total. The van der Waals surface area contributed by atoms with Crippen molar-refractivity contribution in [3.8, 4) is 22.4 Å². The number of carbonyl (C=O) groups excluding carboxylic acids is 1. The smallest absolute Gasteiger partial charge is 0.262 e. The van der Waals surface area contributed by atoms with Crippen LogP contribution in [0.25, 0.3) is 27.9 Å². The molecule has 1 aromatic carbocycles. The molecule has 0 bridgehead atoms. The average molecular weight is 374 g/mol. The Morgan fingerprint density at radius 3 is 2.82 bits per heavy atom. The van der Waals surface area contributed by atoms with E-state index in [1.807, 2.05) is 53.2 Å². The summed E-state index contributed by atoms with van der Waals surface area (Å²) >= 11 is 0. The molecule has 7 heteroatoms. The molecule has 1 amide bonds. The number of aromatic nitrogens is 3. The van der Waals surface area contributed by atoms with Gasteiger partial charge in [-0.15, -0.1) is 0 Å². The first-order chi connectivity index (χ1) is 13.6. The highest BCUT2D eigenvalue weighted by molar-refractivity contribution is 5.88. The van der Waals surface area contributed by atoms with E-state index in [9.17, 15) is 9.90 Å². The molecule has 4 aromatic rings. The van der Waals surface area contributed by atoms with E-state index in [1.54, 1.807) is 19.3 Å². The molecule has 0 radical (unpaired) electrons. The van der Waals surface area contributed by atoms with Gasteiger partial charge in [-0.05, 0) is 29.8 Å². The first kappa shape index (κ1) is 16.7. The summed E-state index contributed by atoms with van der Waals surface area (Å²) in [6, 6.07) is 15.5.